The van der Waals surface area contributed by atoms with Crippen LogP contribution in [0.1, 0.15) is 83.6 Å². The zero-order valence-corrected chi connectivity index (χ0v) is 19.1. The van der Waals surface area contributed by atoms with Gasteiger partial charge in [-0.1, -0.05) is 6.92 Å². The molecular formula is C26H37N3O2. The molecule has 0 unspecified atom stereocenters. The van der Waals surface area contributed by atoms with E-state index >= 15 is 0 Å². The number of carbonyl (C=O) groups excluding carboxylic acids is 1. The third-order valence-corrected chi connectivity index (χ3v) is 10.1. The van der Waals surface area contributed by atoms with Gasteiger partial charge in [-0.15, -0.1) is 0 Å². The molecule has 1 N–H and O–H groups in total. The van der Waals surface area contributed by atoms with Crippen LogP contribution in [0.2, 0.25) is 0 Å². The molecule has 0 bridgehead atoms. The summed E-state index contributed by atoms with van der Waals surface area (Å²) < 4.78 is 1.66. The molecule has 8 atom stereocenters. The highest BCUT2D eigenvalue weighted by Gasteiger charge is 2.59. The summed E-state index contributed by atoms with van der Waals surface area (Å²) in [6.45, 7) is 4.64. The van der Waals surface area contributed by atoms with E-state index in [1.807, 2.05) is 6.92 Å². The number of hydrogen-bond acceptors (Lipinski definition) is 4. The van der Waals surface area contributed by atoms with Crippen molar-refractivity contribution in [2.75, 3.05) is 0 Å². The standard InChI is InChI=1S/C26H37N3O2/c1-3-26-11-9-20-19-8-10-25(2,31)12-18(19)4-5-21(20)22(26)6-7-23(26)24(30)16-29-15-17(13-27)14-28-29/h14-15,18-23,31H,3-12,16H2,1-2H3/t18-,19+,20-,21-,22+,23-,25-,26+/m1/s1. The summed E-state index contributed by atoms with van der Waals surface area (Å²) in [5, 5.41) is 23.9. The molecule has 0 aromatic carbocycles. The molecule has 0 saturated heterocycles. The lowest BCUT2D eigenvalue weighted by Crippen LogP contribution is -2.51. The van der Waals surface area contributed by atoms with Crippen molar-refractivity contribution in [1.82, 2.24) is 9.78 Å². The highest BCUT2D eigenvalue weighted by molar-refractivity contribution is 5.82. The first-order valence-corrected chi connectivity index (χ1v) is 12.5. The van der Waals surface area contributed by atoms with Crippen LogP contribution >= 0.6 is 0 Å². The second-order valence-electron chi connectivity index (χ2n) is 11.4. The smallest absolute Gasteiger partial charge is 0.157 e. The van der Waals surface area contributed by atoms with Crippen LogP contribution in [-0.4, -0.2) is 26.3 Å². The van der Waals surface area contributed by atoms with Gasteiger partial charge >= 0.3 is 0 Å². The zero-order valence-electron chi connectivity index (χ0n) is 19.1. The Bertz CT molecular complexity index is 883. The van der Waals surface area contributed by atoms with Crippen molar-refractivity contribution in [3.8, 4) is 6.07 Å². The number of rotatable bonds is 4. The lowest BCUT2D eigenvalue weighted by molar-refractivity contribution is -0.135. The van der Waals surface area contributed by atoms with Crippen molar-refractivity contribution in [2.24, 2.45) is 40.9 Å². The molecule has 0 amide bonds. The molecule has 5 heteroatoms. The summed E-state index contributed by atoms with van der Waals surface area (Å²) in [4.78, 5) is 13.4. The van der Waals surface area contributed by atoms with E-state index in [0.29, 0.717) is 29.7 Å². The third-order valence-electron chi connectivity index (χ3n) is 10.1. The van der Waals surface area contributed by atoms with E-state index in [1.165, 1.54) is 38.5 Å². The monoisotopic (exact) mass is 423 g/mol. The minimum atomic E-state index is -0.460. The van der Waals surface area contributed by atoms with Gasteiger partial charge in [0.1, 0.15) is 6.07 Å². The number of aromatic nitrogens is 2. The van der Waals surface area contributed by atoms with E-state index in [1.54, 1.807) is 17.1 Å². The van der Waals surface area contributed by atoms with Crippen LogP contribution in [0.5, 0.6) is 0 Å². The fourth-order valence-corrected chi connectivity index (χ4v) is 8.84. The van der Waals surface area contributed by atoms with Gasteiger partial charge in [-0.25, -0.2) is 0 Å². The number of carbonyl (C=O) groups is 1. The Morgan fingerprint density at radius 2 is 2.00 bits per heavy atom. The maximum atomic E-state index is 13.4. The van der Waals surface area contributed by atoms with E-state index < -0.39 is 5.60 Å². The average molecular weight is 424 g/mol. The molecule has 31 heavy (non-hydrogen) atoms. The van der Waals surface area contributed by atoms with Gasteiger partial charge in [0, 0.05) is 12.1 Å². The van der Waals surface area contributed by atoms with Crippen molar-refractivity contribution in [1.29, 1.82) is 5.26 Å². The van der Waals surface area contributed by atoms with Gasteiger partial charge in [0.05, 0.1) is 23.9 Å². The second-order valence-corrected chi connectivity index (χ2v) is 11.4. The number of fused-ring (bicyclic) bond motifs is 5. The molecule has 4 fully saturated rings. The number of ketones is 1. The van der Waals surface area contributed by atoms with E-state index in [-0.39, 0.29) is 11.3 Å². The molecule has 4 saturated carbocycles. The second kappa shape index (κ2) is 7.73. The summed E-state index contributed by atoms with van der Waals surface area (Å²) in [5.74, 6) is 4.20. The van der Waals surface area contributed by atoms with Crippen LogP contribution in [0.3, 0.4) is 0 Å². The van der Waals surface area contributed by atoms with Crippen LogP contribution in [0.15, 0.2) is 12.4 Å². The Morgan fingerprint density at radius 1 is 1.19 bits per heavy atom. The van der Waals surface area contributed by atoms with Crippen LogP contribution in [0.25, 0.3) is 0 Å². The Morgan fingerprint density at radius 3 is 2.74 bits per heavy atom. The molecule has 0 spiro atoms. The van der Waals surface area contributed by atoms with E-state index in [0.717, 1.165) is 43.4 Å². The highest BCUT2D eigenvalue weighted by Crippen LogP contribution is 2.66. The zero-order chi connectivity index (χ0) is 21.8. The minimum absolute atomic E-state index is 0.142. The van der Waals surface area contributed by atoms with E-state index in [9.17, 15) is 9.90 Å². The first-order chi connectivity index (χ1) is 14.9. The lowest BCUT2D eigenvalue weighted by atomic mass is 9.48. The average Bonchev–Trinajstić information content (AvgIpc) is 3.37. The van der Waals surface area contributed by atoms with E-state index in [4.69, 9.17) is 5.26 Å². The summed E-state index contributed by atoms with van der Waals surface area (Å²) in [7, 11) is 0. The number of nitriles is 1. The maximum Gasteiger partial charge on any atom is 0.157 e. The largest absolute Gasteiger partial charge is 0.390 e. The van der Waals surface area contributed by atoms with Gasteiger partial charge in [0.15, 0.2) is 5.78 Å². The third kappa shape index (κ3) is 3.46. The molecule has 4 aliphatic carbocycles. The number of Topliss-reactive ketones (excluding diaryl/α,β-unsaturated/α-hetero) is 1. The maximum absolute atomic E-state index is 13.4. The van der Waals surface area contributed by atoms with Crippen molar-refractivity contribution in [3.05, 3.63) is 18.0 Å². The predicted molar refractivity (Wildman–Crippen MR) is 118 cm³/mol. The molecule has 0 radical (unpaired) electrons. The molecule has 5 rings (SSSR count). The van der Waals surface area contributed by atoms with E-state index in [2.05, 4.69) is 18.1 Å². The van der Waals surface area contributed by atoms with Gasteiger partial charge in [0.2, 0.25) is 0 Å². The highest BCUT2D eigenvalue weighted by atomic mass is 16.3. The van der Waals surface area contributed by atoms with Crippen molar-refractivity contribution in [2.45, 2.75) is 90.2 Å². The van der Waals surface area contributed by atoms with Crippen molar-refractivity contribution >= 4 is 5.78 Å². The molecule has 1 aromatic rings. The summed E-state index contributed by atoms with van der Waals surface area (Å²) in [6, 6.07) is 2.10. The Labute approximate surface area is 186 Å². The topological polar surface area (TPSA) is 78.9 Å². The fraction of sp³-hybridized carbons (Fsp3) is 0.808. The van der Waals surface area contributed by atoms with Crippen LogP contribution in [0.4, 0.5) is 0 Å². The van der Waals surface area contributed by atoms with Crippen LogP contribution in [-0.2, 0) is 11.3 Å². The van der Waals surface area contributed by atoms with Crippen LogP contribution < -0.4 is 0 Å². The Kier molecular flexibility index (Phi) is 5.28. The summed E-state index contributed by atoms with van der Waals surface area (Å²) in [5.41, 5.74) is 0.223. The molecule has 168 valence electrons. The minimum Gasteiger partial charge on any atom is -0.390 e. The molecule has 0 aliphatic heterocycles. The number of nitrogens with zero attached hydrogens (tertiary/aromatic N) is 3. The van der Waals surface area contributed by atoms with Gasteiger partial charge in [-0.2, -0.15) is 10.4 Å². The first-order valence-electron chi connectivity index (χ1n) is 12.5. The molecule has 5 nitrogen and oxygen atoms in total. The first kappa shape index (κ1) is 21.2. The Balaban J connectivity index is 1.34. The fourth-order valence-electron chi connectivity index (χ4n) is 8.84. The number of aliphatic hydroxyl groups is 1. The summed E-state index contributed by atoms with van der Waals surface area (Å²) >= 11 is 0. The molecule has 1 aromatic heterocycles. The molecule has 4 aliphatic rings. The molecule has 1 heterocycles. The predicted octanol–water partition coefficient (Wildman–Crippen LogP) is 4.73. The summed E-state index contributed by atoms with van der Waals surface area (Å²) in [6.07, 6.45) is 14.7. The van der Waals surface area contributed by atoms with Gasteiger partial charge in [-0.05, 0) is 106 Å². The SMILES string of the molecule is CC[C@]12CC[C@H]3[C@@H](CC[C@@H]4C[C@](C)(O)CC[C@@H]43)[C@@H]1CC[C@@H]2C(=O)Cn1cc(C#N)cn1. The van der Waals surface area contributed by atoms with Crippen molar-refractivity contribution in [3.63, 3.8) is 0 Å². The Hall–Kier alpha value is -1.67. The number of hydrogen-bond donors (Lipinski definition) is 1. The van der Waals surface area contributed by atoms with Crippen molar-refractivity contribution < 1.29 is 9.90 Å². The quantitative estimate of drug-likeness (QED) is 0.759. The van der Waals surface area contributed by atoms with Gasteiger partial charge in [0.25, 0.3) is 0 Å². The molecular weight excluding hydrogens is 386 g/mol. The normalized spacial score (nSPS) is 44.1. The van der Waals surface area contributed by atoms with Gasteiger partial charge in [-0.3, -0.25) is 9.48 Å². The van der Waals surface area contributed by atoms with Gasteiger partial charge < -0.3 is 5.11 Å². The van der Waals surface area contributed by atoms with Crippen LogP contribution in [0, 0.1) is 52.3 Å². The lowest BCUT2D eigenvalue weighted by Gasteiger charge is -2.57.